The van der Waals surface area contributed by atoms with Crippen molar-refractivity contribution in [1.29, 1.82) is 0 Å². The van der Waals surface area contributed by atoms with Gasteiger partial charge in [0.1, 0.15) is 4.99 Å². The van der Waals surface area contributed by atoms with Crippen LogP contribution in [0, 0.1) is 0 Å². The molecule has 32 heavy (non-hydrogen) atoms. The Morgan fingerprint density at radius 2 is 1.69 bits per heavy atom. The zero-order valence-electron chi connectivity index (χ0n) is 16.5. The lowest BCUT2D eigenvalue weighted by Crippen LogP contribution is -2.38. The number of benzene rings is 2. The number of anilines is 2. The summed E-state index contributed by atoms with van der Waals surface area (Å²) in [4.78, 5) is 7.72. The molecule has 170 valence electrons. The Morgan fingerprint density at radius 3 is 2.31 bits per heavy atom. The highest BCUT2D eigenvalue weighted by molar-refractivity contribution is 7.91. The third-order valence-electron chi connectivity index (χ3n) is 5.11. The summed E-state index contributed by atoms with van der Waals surface area (Å²) in [5.74, 6) is 0. The Morgan fingerprint density at radius 1 is 1.03 bits per heavy atom. The van der Waals surface area contributed by atoms with E-state index in [-0.39, 0.29) is 4.90 Å². The molecule has 0 spiro atoms. The summed E-state index contributed by atoms with van der Waals surface area (Å²) in [6.45, 7) is 2.31. The SMILES string of the molecule is O=S(=O)(c1ccc(N2C=NCC2=S)c(N2CCOCC2)c1)c1ccc(Cl)c(C(F)(F)F)c1. The van der Waals surface area contributed by atoms with Crippen LogP contribution in [0.1, 0.15) is 5.56 Å². The highest BCUT2D eigenvalue weighted by atomic mass is 35.5. The van der Waals surface area contributed by atoms with Gasteiger partial charge in [-0.3, -0.25) is 9.89 Å². The molecule has 2 aromatic rings. The van der Waals surface area contributed by atoms with Gasteiger partial charge in [-0.25, -0.2) is 8.42 Å². The lowest BCUT2D eigenvalue weighted by Gasteiger charge is -2.32. The molecule has 4 rings (SSSR count). The lowest BCUT2D eigenvalue weighted by molar-refractivity contribution is -0.137. The van der Waals surface area contributed by atoms with Gasteiger partial charge in [0.15, 0.2) is 0 Å². The molecule has 1 saturated heterocycles. The first-order valence-corrected chi connectivity index (χ1v) is 11.8. The number of aliphatic imine (C=N–C) groups is 1. The normalized spacial score (nSPS) is 17.3. The Kier molecular flexibility index (Phi) is 6.19. The van der Waals surface area contributed by atoms with Crippen LogP contribution < -0.4 is 9.80 Å². The standard InChI is InChI=1S/C20H17ClF3N3O3S2/c21-16-3-1-13(9-15(16)20(22,23)24)32(28,29)14-2-4-17(27-12-25-11-19(27)31)18(10-14)26-5-7-30-8-6-26/h1-4,9-10,12H,5-8,11H2. The van der Waals surface area contributed by atoms with Gasteiger partial charge in [-0.15, -0.1) is 0 Å². The largest absolute Gasteiger partial charge is 0.417 e. The summed E-state index contributed by atoms with van der Waals surface area (Å²) in [6.07, 6.45) is -3.21. The zero-order chi connectivity index (χ0) is 23.1. The minimum Gasteiger partial charge on any atom is -0.378 e. The summed E-state index contributed by atoms with van der Waals surface area (Å²) >= 11 is 11.0. The summed E-state index contributed by atoms with van der Waals surface area (Å²) in [7, 11) is -4.26. The molecule has 0 radical (unpaired) electrons. The molecule has 0 atom stereocenters. The number of sulfone groups is 1. The zero-order valence-corrected chi connectivity index (χ0v) is 18.9. The minimum atomic E-state index is -4.78. The number of alkyl halides is 3. The Labute approximate surface area is 193 Å². The van der Waals surface area contributed by atoms with Crippen LogP contribution >= 0.6 is 23.8 Å². The molecule has 0 bridgehead atoms. The monoisotopic (exact) mass is 503 g/mol. The van der Waals surface area contributed by atoms with E-state index in [2.05, 4.69) is 4.99 Å². The minimum absolute atomic E-state index is 0.139. The molecule has 0 aromatic heterocycles. The lowest BCUT2D eigenvalue weighted by atomic mass is 10.2. The van der Waals surface area contributed by atoms with E-state index in [1.54, 1.807) is 17.3 Å². The predicted octanol–water partition coefficient (Wildman–Crippen LogP) is 4.20. The van der Waals surface area contributed by atoms with Crippen LogP contribution in [-0.4, -0.2) is 52.6 Å². The van der Waals surface area contributed by atoms with E-state index in [1.807, 2.05) is 4.90 Å². The Balaban J connectivity index is 1.81. The summed E-state index contributed by atoms with van der Waals surface area (Å²) in [5.41, 5.74) is 0.0168. The predicted molar refractivity (Wildman–Crippen MR) is 120 cm³/mol. The van der Waals surface area contributed by atoms with Crippen molar-refractivity contribution < 1.29 is 26.3 Å². The highest BCUT2D eigenvalue weighted by Gasteiger charge is 2.35. The van der Waals surface area contributed by atoms with Crippen molar-refractivity contribution in [3.8, 4) is 0 Å². The number of hydrogen-bond donors (Lipinski definition) is 0. The van der Waals surface area contributed by atoms with Crippen LogP contribution in [-0.2, 0) is 20.8 Å². The first-order chi connectivity index (χ1) is 15.1. The highest BCUT2D eigenvalue weighted by Crippen LogP contribution is 2.39. The van der Waals surface area contributed by atoms with Crippen molar-refractivity contribution in [2.45, 2.75) is 16.0 Å². The van der Waals surface area contributed by atoms with Gasteiger partial charge in [0.05, 0.1) is 57.8 Å². The molecular weight excluding hydrogens is 487 g/mol. The van der Waals surface area contributed by atoms with Gasteiger partial charge >= 0.3 is 6.18 Å². The van der Waals surface area contributed by atoms with Gasteiger partial charge < -0.3 is 9.64 Å². The van der Waals surface area contributed by atoms with Crippen molar-refractivity contribution in [2.75, 3.05) is 42.6 Å². The van der Waals surface area contributed by atoms with Gasteiger partial charge in [-0.1, -0.05) is 23.8 Å². The molecule has 0 unspecified atom stereocenters. The maximum absolute atomic E-state index is 13.3. The van der Waals surface area contributed by atoms with Crippen molar-refractivity contribution in [1.82, 2.24) is 0 Å². The number of ether oxygens (including phenoxy) is 1. The third-order valence-corrected chi connectivity index (χ3v) is 7.52. The molecule has 0 aliphatic carbocycles. The molecule has 12 heteroatoms. The van der Waals surface area contributed by atoms with Gasteiger partial charge in [-0.2, -0.15) is 13.2 Å². The van der Waals surface area contributed by atoms with Crippen LogP contribution in [0.25, 0.3) is 0 Å². The van der Waals surface area contributed by atoms with Crippen LogP contribution in [0.4, 0.5) is 24.5 Å². The maximum atomic E-state index is 13.3. The Hall–Kier alpha value is -2.21. The first-order valence-electron chi connectivity index (χ1n) is 9.49. The molecular formula is C20H17ClF3N3O3S2. The molecule has 0 N–H and O–H groups in total. The second-order valence-electron chi connectivity index (χ2n) is 7.11. The fourth-order valence-electron chi connectivity index (χ4n) is 3.49. The summed E-state index contributed by atoms with van der Waals surface area (Å²) < 4.78 is 71.6. The number of thiocarbonyl (C=S) groups is 1. The average molecular weight is 504 g/mol. The third kappa shape index (κ3) is 4.34. The maximum Gasteiger partial charge on any atom is 0.417 e. The van der Waals surface area contributed by atoms with Gasteiger partial charge in [0.2, 0.25) is 9.84 Å². The van der Waals surface area contributed by atoms with Crippen LogP contribution in [0.3, 0.4) is 0 Å². The van der Waals surface area contributed by atoms with Crippen molar-refractivity contribution in [3.63, 3.8) is 0 Å². The van der Waals surface area contributed by atoms with Crippen LogP contribution in [0.2, 0.25) is 5.02 Å². The topological polar surface area (TPSA) is 62.2 Å². The molecule has 2 aromatic carbocycles. The van der Waals surface area contributed by atoms with Gasteiger partial charge in [0, 0.05) is 13.1 Å². The van der Waals surface area contributed by atoms with E-state index in [1.165, 1.54) is 12.1 Å². The molecule has 0 saturated carbocycles. The molecule has 2 aliphatic heterocycles. The molecule has 2 aliphatic rings. The fourth-order valence-corrected chi connectivity index (χ4v) is 5.25. The van der Waals surface area contributed by atoms with E-state index in [9.17, 15) is 21.6 Å². The number of rotatable bonds is 4. The number of hydrogen-bond acceptors (Lipinski definition) is 6. The van der Waals surface area contributed by atoms with E-state index in [4.69, 9.17) is 28.6 Å². The van der Waals surface area contributed by atoms with E-state index in [0.717, 1.165) is 12.1 Å². The molecule has 1 fully saturated rings. The van der Waals surface area contributed by atoms with E-state index < -0.39 is 31.5 Å². The van der Waals surface area contributed by atoms with Crippen LogP contribution in [0.5, 0.6) is 0 Å². The number of nitrogens with zero attached hydrogens (tertiary/aromatic N) is 3. The summed E-state index contributed by atoms with van der Waals surface area (Å²) in [5, 5.41) is -0.567. The van der Waals surface area contributed by atoms with Crippen molar-refractivity contribution >= 4 is 56.4 Å². The molecule has 0 amide bonds. The molecule has 6 nitrogen and oxygen atoms in total. The van der Waals surface area contributed by atoms with Crippen molar-refractivity contribution in [2.24, 2.45) is 4.99 Å². The van der Waals surface area contributed by atoms with E-state index >= 15 is 0 Å². The fraction of sp³-hybridized carbons (Fsp3) is 0.300. The smallest absolute Gasteiger partial charge is 0.378 e. The second kappa shape index (κ2) is 8.62. The van der Waals surface area contributed by atoms with Crippen molar-refractivity contribution in [3.05, 3.63) is 47.0 Å². The molecule has 2 heterocycles. The summed E-state index contributed by atoms with van der Waals surface area (Å²) in [6, 6.07) is 6.95. The van der Waals surface area contributed by atoms with Gasteiger partial charge in [0.25, 0.3) is 0 Å². The number of morpholine rings is 1. The quantitative estimate of drug-likeness (QED) is 0.583. The average Bonchev–Trinajstić information content (AvgIpc) is 3.19. The first kappa shape index (κ1) is 23.0. The van der Waals surface area contributed by atoms with Crippen LogP contribution in [0.15, 0.2) is 51.2 Å². The second-order valence-corrected chi connectivity index (χ2v) is 9.94. The Bertz CT molecular complexity index is 1200. The van der Waals surface area contributed by atoms with E-state index in [0.29, 0.717) is 55.3 Å². The van der Waals surface area contributed by atoms with Gasteiger partial charge in [-0.05, 0) is 36.4 Å². The number of halogens is 4.